The van der Waals surface area contributed by atoms with Crippen LogP contribution >= 0.6 is 0 Å². The third kappa shape index (κ3) is 4.61. The second-order valence-electron chi connectivity index (χ2n) is 7.98. The van der Waals surface area contributed by atoms with Crippen molar-refractivity contribution in [3.63, 3.8) is 0 Å². The number of aromatic nitrogens is 2. The molecule has 1 amide bonds. The zero-order valence-corrected chi connectivity index (χ0v) is 18.5. The molecule has 1 aliphatic rings. The standard InChI is InChI=1S/C24H28N4O4/c1-26(13-17-12-25-28(14-17)19-5-4-6-21(11-19)32-3)22-15-27(16-23(22)29)24(30)18-7-9-20(31-2)10-8-18/h4-12,14,22-23,29H,13,15-16H2,1-3H3/t22-,23-/m1/s1. The molecule has 8 heteroatoms. The molecule has 1 aliphatic heterocycles. The summed E-state index contributed by atoms with van der Waals surface area (Å²) in [5.41, 5.74) is 2.51. The number of aliphatic hydroxyl groups excluding tert-OH is 1. The van der Waals surface area contributed by atoms with E-state index in [4.69, 9.17) is 9.47 Å². The Morgan fingerprint density at radius 3 is 2.59 bits per heavy atom. The van der Waals surface area contributed by atoms with Crippen LogP contribution in [0.15, 0.2) is 60.9 Å². The number of ether oxygens (including phenoxy) is 2. The highest BCUT2D eigenvalue weighted by atomic mass is 16.5. The zero-order valence-electron chi connectivity index (χ0n) is 18.5. The van der Waals surface area contributed by atoms with Crippen LogP contribution in [-0.4, -0.2) is 77.1 Å². The number of nitrogens with zero attached hydrogens (tertiary/aromatic N) is 4. The number of rotatable bonds is 7. The average Bonchev–Trinajstić information content (AvgIpc) is 3.45. The van der Waals surface area contributed by atoms with Crippen molar-refractivity contribution in [2.45, 2.75) is 18.7 Å². The van der Waals surface area contributed by atoms with Gasteiger partial charge in [0.2, 0.25) is 0 Å². The van der Waals surface area contributed by atoms with Crippen molar-refractivity contribution in [3.8, 4) is 17.2 Å². The highest BCUT2D eigenvalue weighted by molar-refractivity contribution is 5.94. The average molecular weight is 437 g/mol. The number of β-amino-alcohol motifs (C(OH)–C–C–N with tert-alkyl or cyclic N) is 1. The number of benzene rings is 2. The Balaban J connectivity index is 1.40. The molecule has 3 aromatic rings. The molecule has 2 heterocycles. The van der Waals surface area contributed by atoms with Gasteiger partial charge in [-0.15, -0.1) is 0 Å². The van der Waals surface area contributed by atoms with Gasteiger partial charge >= 0.3 is 0 Å². The van der Waals surface area contributed by atoms with Crippen LogP contribution in [0.1, 0.15) is 15.9 Å². The number of amides is 1. The third-order valence-corrected chi connectivity index (χ3v) is 5.84. The Kier molecular flexibility index (Phi) is 6.43. The van der Waals surface area contributed by atoms with E-state index >= 15 is 0 Å². The minimum Gasteiger partial charge on any atom is -0.497 e. The highest BCUT2D eigenvalue weighted by Crippen LogP contribution is 2.22. The fourth-order valence-corrected chi connectivity index (χ4v) is 4.03. The molecule has 1 fully saturated rings. The molecule has 0 saturated carbocycles. The van der Waals surface area contributed by atoms with E-state index in [1.54, 1.807) is 48.1 Å². The van der Waals surface area contributed by atoms with E-state index in [0.717, 1.165) is 17.0 Å². The van der Waals surface area contributed by atoms with E-state index in [2.05, 4.69) is 10.00 Å². The highest BCUT2D eigenvalue weighted by Gasteiger charge is 2.36. The van der Waals surface area contributed by atoms with Crippen LogP contribution in [0.25, 0.3) is 5.69 Å². The summed E-state index contributed by atoms with van der Waals surface area (Å²) in [4.78, 5) is 16.6. The van der Waals surface area contributed by atoms with Gasteiger partial charge in [0.15, 0.2) is 0 Å². The molecular formula is C24H28N4O4. The maximum absolute atomic E-state index is 12.9. The van der Waals surface area contributed by atoms with Crippen molar-refractivity contribution in [1.29, 1.82) is 0 Å². The lowest BCUT2D eigenvalue weighted by molar-refractivity contribution is 0.0763. The second-order valence-corrected chi connectivity index (χ2v) is 7.98. The van der Waals surface area contributed by atoms with E-state index in [1.807, 2.05) is 43.7 Å². The van der Waals surface area contributed by atoms with Gasteiger partial charge in [-0.3, -0.25) is 9.69 Å². The summed E-state index contributed by atoms with van der Waals surface area (Å²) in [6.07, 6.45) is 3.17. The minimum atomic E-state index is -0.615. The molecule has 0 aliphatic carbocycles. The predicted octanol–water partition coefficient (Wildman–Crippen LogP) is 2.21. The molecular weight excluding hydrogens is 408 g/mol. The maximum atomic E-state index is 12.9. The molecule has 32 heavy (non-hydrogen) atoms. The van der Waals surface area contributed by atoms with Crippen LogP contribution < -0.4 is 9.47 Å². The van der Waals surface area contributed by atoms with Gasteiger partial charge in [0, 0.05) is 43.0 Å². The Hall–Kier alpha value is -3.36. The fraction of sp³-hybridized carbons (Fsp3) is 0.333. The molecule has 1 saturated heterocycles. The van der Waals surface area contributed by atoms with Gasteiger partial charge < -0.3 is 19.5 Å². The van der Waals surface area contributed by atoms with Crippen LogP contribution in [0.5, 0.6) is 11.5 Å². The van der Waals surface area contributed by atoms with E-state index < -0.39 is 6.10 Å². The van der Waals surface area contributed by atoms with Crippen molar-refractivity contribution in [2.24, 2.45) is 0 Å². The Bertz CT molecular complexity index is 1070. The van der Waals surface area contributed by atoms with E-state index in [0.29, 0.717) is 30.9 Å². The summed E-state index contributed by atoms with van der Waals surface area (Å²) in [6.45, 7) is 1.38. The zero-order chi connectivity index (χ0) is 22.7. The molecule has 0 unspecified atom stereocenters. The number of methoxy groups -OCH3 is 2. The first-order valence-corrected chi connectivity index (χ1v) is 10.5. The summed E-state index contributed by atoms with van der Waals surface area (Å²) < 4.78 is 12.2. The Morgan fingerprint density at radius 2 is 1.88 bits per heavy atom. The van der Waals surface area contributed by atoms with Gasteiger partial charge in [0.25, 0.3) is 5.91 Å². The van der Waals surface area contributed by atoms with Crippen LogP contribution in [0, 0.1) is 0 Å². The Morgan fingerprint density at radius 1 is 1.12 bits per heavy atom. The van der Waals surface area contributed by atoms with Crippen LogP contribution in [0.4, 0.5) is 0 Å². The normalized spacial score (nSPS) is 18.2. The SMILES string of the molecule is COc1ccc(C(=O)N2C[C@@H](O)[C@H](N(C)Cc3cnn(-c4cccc(OC)c4)c3)C2)cc1. The second kappa shape index (κ2) is 9.42. The lowest BCUT2D eigenvalue weighted by atomic mass is 10.2. The third-order valence-electron chi connectivity index (χ3n) is 5.84. The maximum Gasteiger partial charge on any atom is 0.254 e. The van der Waals surface area contributed by atoms with Crippen molar-refractivity contribution >= 4 is 5.91 Å². The molecule has 0 bridgehead atoms. The fourth-order valence-electron chi connectivity index (χ4n) is 4.03. The van der Waals surface area contributed by atoms with Gasteiger partial charge in [0.05, 0.1) is 38.2 Å². The largest absolute Gasteiger partial charge is 0.497 e. The van der Waals surface area contributed by atoms with E-state index in [9.17, 15) is 9.90 Å². The minimum absolute atomic E-state index is 0.0894. The van der Waals surface area contributed by atoms with Crippen LogP contribution in [0.3, 0.4) is 0 Å². The lowest BCUT2D eigenvalue weighted by Gasteiger charge is -2.25. The quantitative estimate of drug-likeness (QED) is 0.612. The van der Waals surface area contributed by atoms with Gasteiger partial charge in [0.1, 0.15) is 11.5 Å². The first-order chi connectivity index (χ1) is 15.5. The topological polar surface area (TPSA) is 80.1 Å². The summed E-state index contributed by atoms with van der Waals surface area (Å²) in [7, 11) is 5.19. The van der Waals surface area contributed by atoms with Crippen molar-refractivity contribution in [1.82, 2.24) is 19.6 Å². The number of carbonyl (C=O) groups is 1. The first kappa shape index (κ1) is 21.9. The number of hydrogen-bond acceptors (Lipinski definition) is 6. The molecule has 0 radical (unpaired) electrons. The number of likely N-dealkylation sites (N-methyl/N-ethyl adjacent to an activating group) is 1. The first-order valence-electron chi connectivity index (χ1n) is 10.5. The molecule has 0 spiro atoms. The van der Waals surface area contributed by atoms with Gasteiger partial charge in [-0.05, 0) is 43.4 Å². The van der Waals surface area contributed by atoms with Crippen molar-refractivity contribution in [2.75, 3.05) is 34.4 Å². The van der Waals surface area contributed by atoms with E-state index in [-0.39, 0.29) is 11.9 Å². The summed E-state index contributed by atoms with van der Waals surface area (Å²) in [5.74, 6) is 1.39. The molecule has 1 aromatic heterocycles. The summed E-state index contributed by atoms with van der Waals surface area (Å²) in [6, 6.07) is 14.6. The van der Waals surface area contributed by atoms with Crippen LogP contribution in [0.2, 0.25) is 0 Å². The number of carbonyl (C=O) groups excluding carboxylic acids is 1. The van der Waals surface area contributed by atoms with Crippen LogP contribution in [-0.2, 0) is 6.54 Å². The van der Waals surface area contributed by atoms with Crippen molar-refractivity contribution < 1.29 is 19.4 Å². The molecule has 4 rings (SSSR count). The number of hydrogen-bond donors (Lipinski definition) is 1. The van der Waals surface area contributed by atoms with Crippen molar-refractivity contribution in [3.05, 3.63) is 72.1 Å². The predicted molar refractivity (Wildman–Crippen MR) is 120 cm³/mol. The van der Waals surface area contributed by atoms with Gasteiger partial charge in [-0.1, -0.05) is 6.07 Å². The monoisotopic (exact) mass is 436 g/mol. The molecule has 168 valence electrons. The number of likely N-dealkylation sites (tertiary alicyclic amines) is 1. The molecule has 2 aromatic carbocycles. The number of aliphatic hydroxyl groups is 1. The summed E-state index contributed by atoms with van der Waals surface area (Å²) >= 11 is 0. The lowest BCUT2D eigenvalue weighted by Crippen LogP contribution is -2.40. The van der Waals surface area contributed by atoms with Gasteiger partial charge in [-0.25, -0.2) is 4.68 Å². The Labute approximate surface area is 187 Å². The smallest absolute Gasteiger partial charge is 0.254 e. The van der Waals surface area contributed by atoms with Gasteiger partial charge in [-0.2, -0.15) is 5.10 Å². The van der Waals surface area contributed by atoms with E-state index in [1.165, 1.54) is 0 Å². The molecule has 1 N–H and O–H groups in total. The molecule has 2 atom stereocenters. The summed E-state index contributed by atoms with van der Waals surface area (Å²) in [5, 5.41) is 15.1. The molecule has 8 nitrogen and oxygen atoms in total.